The van der Waals surface area contributed by atoms with Gasteiger partial charge in [0.2, 0.25) is 0 Å². The minimum absolute atomic E-state index is 0.0738. The Kier molecular flexibility index (Phi) is 5.28. The van der Waals surface area contributed by atoms with Crippen LogP contribution in [0.5, 0.6) is 0 Å². The number of aryl methyl sites for hydroxylation is 2. The zero-order chi connectivity index (χ0) is 18.7. The number of amides is 1. The molecule has 0 aliphatic carbocycles. The number of hydrogen-bond acceptors (Lipinski definition) is 2. The summed E-state index contributed by atoms with van der Waals surface area (Å²) in [5, 5.41) is 3.02. The second-order valence-electron chi connectivity index (χ2n) is 6.85. The van der Waals surface area contributed by atoms with Gasteiger partial charge in [0, 0.05) is 22.6 Å². The molecule has 5 heteroatoms. The van der Waals surface area contributed by atoms with Gasteiger partial charge < -0.3 is 19.2 Å². The molecule has 1 atom stereocenters. The van der Waals surface area contributed by atoms with E-state index in [2.05, 4.69) is 50.0 Å². The van der Waals surface area contributed by atoms with Gasteiger partial charge in [-0.2, -0.15) is 0 Å². The number of quaternary nitrogens is 1. The molecular weight excluding hydrogens is 326 g/mol. The maximum absolute atomic E-state index is 12.5. The summed E-state index contributed by atoms with van der Waals surface area (Å²) in [6.45, 7) is 4.67. The van der Waals surface area contributed by atoms with Gasteiger partial charge in [0.1, 0.15) is 0 Å². The average molecular weight is 352 g/mol. The van der Waals surface area contributed by atoms with Gasteiger partial charge in [0.15, 0.2) is 11.8 Å². The summed E-state index contributed by atoms with van der Waals surface area (Å²) >= 11 is 0. The van der Waals surface area contributed by atoms with Crippen molar-refractivity contribution in [3.63, 3.8) is 0 Å². The molecule has 0 bridgehead atoms. The minimum atomic E-state index is -0.0738. The number of nitrogens with one attached hydrogen (secondary N) is 2. The van der Waals surface area contributed by atoms with Crippen molar-refractivity contribution in [2.45, 2.75) is 19.9 Å². The Labute approximate surface area is 154 Å². The molecule has 0 aliphatic heterocycles. The molecule has 1 aromatic carbocycles. The molecule has 1 amide bonds. The molecule has 2 N–H and O–H groups in total. The molecule has 0 saturated heterocycles. The van der Waals surface area contributed by atoms with Crippen LogP contribution in [0.4, 0.5) is 0 Å². The zero-order valence-electron chi connectivity index (χ0n) is 15.7. The van der Waals surface area contributed by atoms with E-state index >= 15 is 0 Å². The highest BCUT2D eigenvalue weighted by atomic mass is 16.3. The molecule has 5 nitrogen and oxygen atoms in total. The fourth-order valence-electron chi connectivity index (χ4n) is 3.21. The summed E-state index contributed by atoms with van der Waals surface area (Å²) in [6.07, 6.45) is 1.66. The number of aromatic nitrogens is 1. The van der Waals surface area contributed by atoms with Crippen LogP contribution < -0.4 is 10.2 Å². The molecular formula is C21H26N3O2+. The monoisotopic (exact) mass is 352 g/mol. The van der Waals surface area contributed by atoms with Gasteiger partial charge in [-0.25, -0.2) is 0 Å². The summed E-state index contributed by atoms with van der Waals surface area (Å²) in [5.74, 6) is 0.800. The normalized spacial score (nSPS) is 12.3. The SMILES string of the molecule is Cc1ccc(C)n1-c1ccc(C(=O)NC[C@H](c2ccco2)[NH+](C)C)cc1. The summed E-state index contributed by atoms with van der Waals surface area (Å²) in [7, 11) is 4.10. The molecule has 0 aliphatic rings. The van der Waals surface area contributed by atoms with Gasteiger partial charge in [0.25, 0.3) is 5.91 Å². The van der Waals surface area contributed by atoms with E-state index in [1.807, 2.05) is 36.4 Å². The third-order valence-corrected chi connectivity index (χ3v) is 4.71. The van der Waals surface area contributed by atoms with Crippen LogP contribution in [0.3, 0.4) is 0 Å². The molecule has 3 aromatic rings. The topological polar surface area (TPSA) is 51.6 Å². The third-order valence-electron chi connectivity index (χ3n) is 4.71. The Morgan fingerprint density at radius 1 is 1.08 bits per heavy atom. The number of carbonyl (C=O) groups is 1. The first-order valence-electron chi connectivity index (χ1n) is 8.84. The molecule has 26 heavy (non-hydrogen) atoms. The average Bonchev–Trinajstić information content (AvgIpc) is 3.25. The highest BCUT2D eigenvalue weighted by Gasteiger charge is 2.21. The summed E-state index contributed by atoms with van der Waals surface area (Å²) in [6, 6.07) is 15.8. The Morgan fingerprint density at radius 3 is 2.27 bits per heavy atom. The lowest BCUT2D eigenvalue weighted by molar-refractivity contribution is -0.891. The smallest absolute Gasteiger partial charge is 0.251 e. The van der Waals surface area contributed by atoms with Crippen molar-refractivity contribution in [1.29, 1.82) is 0 Å². The Hall–Kier alpha value is -2.79. The molecule has 0 fully saturated rings. The van der Waals surface area contributed by atoms with Crippen LogP contribution in [0, 0.1) is 13.8 Å². The van der Waals surface area contributed by atoms with E-state index < -0.39 is 0 Å². The second-order valence-corrected chi connectivity index (χ2v) is 6.85. The lowest BCUT2D eigenvalue weighted by atomic mass is 10.1. The lowest BCUT2D eigenvalue weighted by Crippen LogP contribution is -3.07. The number of furan rings is 1. The van der Waals surface area contributed by atoms with Gasteiger partial charge >= 0.3 is 0 Å². The van der Waals surface area contributed by atoms with E-state index in [9.17, 15) is 4.79 Å². The standard InChI is InChI=1S/C21H25N3O2/c1-15-7-8-16(2)24(15)18-11-9-17(10-12-18)21(25)22-14-19(23(3)4)20-6-5-13-26-20/h5-13,19H,14H2,1-4H3,(H,22,25)/p+1/t19-/m1/s1. The fraction of sp³-hybridized carbons (Fsp3) is 0.286. The number of benzene rings is 1. The van der Waals surface area contributed by atoms with Crippen molar-refractivity contribution in [3.05, 3.63) is 77.5 Å². The first-order chi connectivity index (χ1) is 12.5. The van der Waals surface area contributed by atoms with Gasteiger partial charge in [-0.05, 0) is 62.4 Å². The van der Waals surface area contributed by atoms with E-state index in [4.69, 9.17) is 4.42 Å². The van der Waals surface area contributed by atoms with E-state index in [1.165, 1.54) is 16.3 Å². The molecule has 2 heterocycles. The molecule has 0 spiro atoms. The fourth-order valence-corrected chi connectivity index (χ4v) is 3.21. The summed E-state index contributed by atoms with van der Waals surface area (Å²) in [4.78, 5) is 13.7. The van der Waals surface area contributed by atoms with E-state index in [-0.39, 0.29) is 11.9 Å². The number of rotatable bonds is 6. The van der Waals surface area contributed by atoms with Crippen LogP contribution in [0.25, 0.3) is 5.69 Å². The Bertz CT molecular complexity index is 842. The number of carbonyl (C=O) groups excluding carboxylic acids is 1. The quantitative estimate of drug-likeness (QED) is 0.715. The predicted molar refractivity (Wildman–Crippen MR) is 102 cm³/mol. The van der Waals surface area contributed by atoms with Gasteiger partial charge in [-0.15, -0.1) is 0 Å². The largest absolute Gasteiger partial charge is 0.463 e. The van der Waals surface area contributed by atoms with Gasteiger partial charge in [-0.1, -0.05) is 0 Å². The molecule has 0 unspecified atom stereocenters. The van der Waals surface area contributed by atoms with E-state index in [1.54, 1.807) is 6.26 Å². The zero-order valence-corrected chi connectivity index (χ0v) is 15.7. The maximum Gasteiger partial charge on any atom is 0.251 e. The van der Waals surface area contributed by atoms with Crippen molar-refractivity contribution in [1.82, 2.24) is 9.88 Å². The van der Waals surface area contributed by atoms with Crippen molar-refractivity contribution < 1.29 is 14.1 Å². The van der Waals surface area contributed by atoms with Crippen LogP contribution in [0.15, 0.2) is 59.2 Å². The van der Waals surface area contributed by atoms with E-state index in [0.717, 1.165) is 11.4 Å². The van der Waals surface area contributed by atoms with Crippen LogP contribution >= 0.6 is 0 Å². The van der Waals surface area contributed by atoms with Crippen LogP contribution in [-0.2, 0) is 0 Å². The summed E-state index contributed by atoms with van der Waals surface area (Å²) in [5.41, 5.74) is 4.07. The van der Waals surface area contributed by atoms with E-state index in [0.29, 0.717) is 12.1 Å². The Balaban J connectivity index is 1.68. The van der Waals surface area contributed by atoms with Gasteiger partial charge in [0.05, 0.1) is 26.9 Å². The predicted octanol–water partition coefficient (Wildman–Crippen LogP) is 2.30. The first kappa shape index (κ1) is 18.0. The molecule has 0 radical (unpaired) electrons. The van der Waals surface area contributed by atoms with Crippen molar-refractivity contribution >= 4 is 5.91 Å². The van der Waals surface area contributed by atoms with Crippen molar-refractivity contribution in [3.8, 4) is 5.69 Å². The maximum atomic E-state index is 12.5. The highest BCUT2D eigenvalue weighted by Crippen LogP contribution is 2.17. The number of hydrogen-bond donors (Lipinski definition) is 2. The molecule has 0 saturated carbocycles. The second kappa shape index (κ2) is 7.62. The number of likely N-dealkylation sites (N-methyl/N-ethyl adjacent to an activating group) is 1. The van der Waals surface area contributed by atoms with Crippen LogP contribution in [0.2, 0.25) is 0 Å². The summed E-state index contributed by atoms with van der Waals surface area (Å²) < 4.78 is 7.67. The van der Waals surface area contributed by atoms with Crippen LogP contribution in [-0.4, -0.2) is 31.1 Å². The minimum Gasteiger partial charge on any atom is -0.463 e. The van der Waals surface area contributed by atoms with Crippen molar-refractivity contribution in [2.24, 2.45) is 0 Å². The first-order valence-corrected chi connectivity index (χ1v) is 8.84. The van der Waals surface area contributed by atoms with Gasteiger partial charge in [-0.3, -0.25) is 4.79 Å². The molecule has 136 valence electrons. The molecule has 2 aromatic heterocycles. The van der Waals surface area contributed by atoms with Crippen molar-refractivity contribution in [2.75, 3.05) is 20.6 Å². The Morgan fingerprint density at radius 2 is 1.73 bits per heavy atom. The third kappa shape index (κ3) is 3.73. The molecule has 3 rings (SSSR count). The number of nitrogens with zero attached hydrogens (tertiary/aromatic N) is 1. The lowest BCUT2D eigenvalue weighted by Gasteiger charge is -2.19. The van der Waals surface area contributed by atoms with Crippen LogP contribution in [0.1, 0.15) is 33.5 Å². The highest BCUT2D eigenvalue weighted by molar-refractivity contribution is 5.94.